The minimum absolute atomic E-state index is 0.224. The molecular weight excluding hydrogens is 258 g/mol. The summed E-state index contributed by atoms with van der Waals surface area (Å²) < 4.78 is 0. The third-order valence-electron chi connectivity index (χ3n) is 4.16. The lowest BCUT2D eigenvalue weighted by Crippen LogP contribution is -2.49. The summed E-state index contributed by atoms with van der Waals surface area (Å²) in [6.07, 6.45) is 3.46. The van der Waals surface area contributed by atoms with Crippen LogP contribution in [0.2, 0.25) is 5.02 Å². The molecule has 2 rings (SSSR count). The first-order valence-electron chi connectivity index (χ1n) is 7.00. The average molecular weight is 280 g/mol. The number of halogens is 1. The standard InChI is InChI=1S/C16H22ClNO/c1-12-6-4-5-11-18(12)15(19)16(2,3)13-7-9-14(17)10-8-13/h7-10,12H,4-6,11H2,1-3H3. The second-order valence-corrected chi connectivity index (χ2v) is 6.41. The first kappa shape index (κ1) is 14.4. The van der Waals surface area contributed by atoms with Gasteiger partial charge in [-0.25, -0.2) is 0 Å². The van der Waals surface area contributed by atoms with Crippen LogP contribution in [0, 0.1) is 0 Å². The zero-order valence-corrected chi connectivity index (χ0v) is 12.7. The molecule has 3 heteroatoms. The van der Waals surface area contributed by atoms with E-state index in [-0.39, 0.29) is 5.91 Å². The number of nitrogens with zero attached hydrogens (tertiary/aromatic N) is 1. The number of piperidine rings is 1. The molecule has 2 nitrogen and oxygen atoms in total. The third-order valence-corrected chi connectivity index (χ3v) is 4.42. The molecule has 1 aromatic rings. The van der Waals surface area contributed by atoms with Gasteiger partial charge in [0.15, 0.2) is 0 Å². The Morgan fingerprint density at radius 1 is 1.26 bits per heavy atom. The second kappa shape index (κ2) is 5.54. The lowest BCUT2D eigenvalue weighted by atomic mass is 9.82. The number of benzene rings is 1. The smallest absolute Gasteiger partial charge is 0.232 e. The molecule has 0 saturated carbocycles. The monoisotopic (exact) mass is 279 g/mol. The highest BCUT2D eigenvalue weighted by atomic mass is 35.5. The van der Waals surface area contributed by atoms with Gasteiger partial charge in [-0.1, -0.05) is 23.7 Å². The zero-order valence-electron chi connectivity index (χ0n) is 11.9. The number of carbonyl (C=O) groups excluding carboxylic acids is 1. The van der Waals surface area contributed by atoms with Gasteiger partial charge >= 0.3 is 0 Å². The van der Waals surface area contributed by atoms with Crippen LogP contribution in [0.4, 0.5) is 0 Å². The molecule has 0 radical (unpaired) electrons. The lowest BCUT2D eigenvalue weighted by Gasteiger charge is -2.39. The topological polar surface area (TPSA) is 20.3 Å². The number of carbonyl (C=O) groups is 1. The van der Waals surface area contributed by atoms with Crippen molar-refractivity contribution in [3.05, 3.63) is 34.9 Å². The van der Waals surface area contributed by atoms with Gasteiger partial charge in [-0.15, -0.1) is 0 Å². The van der Waals surface area contributed by atoms with Gasteiger partial charge in [0, 0.05) is 17.6 Å². The summed E-state index contributed by atoms with van der Waals surface area (Å²) >= 11 is 5.92. The molecule has 1 unspecified atom stereocenters. The first-order valence-corrected chi connectivity index (χ1v) is 7.38. The SMILES string of the molecule is CC1CCCCN1C(=O)C(C)(C)c1ccc(Cl)cc1. The Kier molecular flexibility index (Phi) is 4.19. The van der Waals surface area contributed by atoms with Crippen LogP contribution in [-0.2, 0) is 10.2 Å². The number of rotatable bonds is 2. The molecule has 1 fully saturated rings. The van der Waals surface area contributed by atoms with Crippen molar-refractivity contribution in [2.24, 2.45) is 0 Å². The second-order valence-electron chi connectivity index (χ2n) is 5.98. The number of hydrogen-bond acceptors (Lipinski definition) is 1. The summed E-state index contributed by atoms with van der Waals surface area (Å²) in [7, 11) is 0. The van der Waals surface area contributed by atoms with E-state index in [4.69, 9.17) is 11.6 Å². The normalized spacial score (nSPS) is 20.4. The van der Waals surface area contributed by atoms with Gasteiger partial charge < -0.3 is 4.90 Å². The molecule has 1 saturated heterocycles. The van der Waals surface area contributed by atoms with Crippen LogP contribution in [-0.4, -0.2) is 23.4 Å². The number of amides is 1. The summed E-state index contributed by atoms with van der Waals surface area (Å²) in [5, 5.41) is 0.707. The van der Waals surface area contributed by atoms with Crippen LogP contribution in [0.15, 0.2) is 24.3 Å². The zero-order chi connectivity index (χ0) is 14.0. The van der Waals surface area contributed by atoms with E-state index >= 15 is 0 Å². The Hall–Kier alpha value is -1.02. The van der Waals surface area contributed by atoms with Gasteiger partial charge in [-0.3, -0.25) is 4.79 Å². The van der Waals surface area contributed by atoms with Gasteiger partial charge in [0.25, 0.3) is 0 Å². The molecule has 0 spiro atoms. The Balaban J connectivity index is 2.22. The molecule has 1 aliphatic heterocycles. The van der Waals surface area contributed by atoms with Crippen LogP contribution in [0.5, 0.6) is 0 Å². The molecule has 1 heterocycles. The highest BCUT2D eigenvalue weighted by Gasteiger charge is 2.36. The highest BCUT2D eigenvalue weighted by Crippen LogP contribution is 2.29. The fraction of sp³-hybridized carbons (Fsp3) is 0.562. The summed E-state index contributed by atoms with van der Waals surface area (Å²) in [4.78, 5) is 14.8. The van der Waals surface area contributed by atoms with Crippen molar-refractivity contribution in [3.63, 3.8) is 0 Å². The van der Waals surface area contributed by atoms with Crippen molar-refractivity contribution in [2.75, 3.05) is 6.54 Å². The average Bonchev–Trinajstić information content (AvgIpc) is 2.39. The number of likely N-dealkylation sites (tertiary alicyclic amines) is 1. The van der Waals surface area contributed by atoms with E-state index in [1.54, 1.807) is 0 Å². The maximum absolute atomic E-state index is 12.8. The molecule has 0 aliphatic carbocycles. The molecule has 1 aliphatic rings. The van der Waals surface area contributed by atoms with E-state index in [2.05, 4.69) is 6.92 Å². The van der Waals surface area contributed by atoms with E-state index in [1.807, 2.05) is 43.0 Å². The minimum Gasteiger partial charge on any atom is -0.339 e. The van der Waals surface area contributed by atoms with Crippen LogP contribution < -0.4 is 0 Å². The van der Waals surface area contributed by atoms with E-state index in [1.165, 1.54) is 6.42 Å². The van der Waals surface area contributed by atoms with Crippen molar-refractivity contribution in [2.45, 2.75) is 51.5 Å². The van der Waals surface area contributed by atoms with Crippen LogP contribution >= 0.6 is 11.6 Å². The summed E-state index contributed by atoms with van der Waals surface area (Å²) in [6, 6.07) is 7.97. The van der Waals surface area contributed by atoms with Gasteiger partial charge in [0.2, 0.25) is 5.91 Å². The van der Waals surface area contributed by atoms with Crippen molar-refractivity contribution >= 4 is 17.5 Å². The summed E-state index contributed by atoms with van der Waals surface area (Å²) in [5.41, 5.74) is 0.538. The van der Waals surface area contributed by atoms with Crippen molar-refractivity contribution in [1.29, 1.82) is 0 Å². The van der Waals surface area contributed by atoms with Gasteiger partial charge in [-0.2, -0.15) is 0 Å². The van der Waals surface area contributed by atoms with Crippen molar-refractivity contribution in [1.82, 2.24) is 4.90 Å². The van der Waals surface area contributed by atoms with Gasteiger partial charge in [0.1, 0.15) is 0 Å². The van der Waals surface area contributed by atoms with E-state index in [9.17, 15) is 4.79 Å². The predicted molar refractivity (Wildman–Crippen MR) is 79.5 cm³/mol. The molecule has 0 aromatic heterocycles. The van der Waals surface area contributed by atoms with Gasteiger partial charge in [-0.05, 0) is 57.7 Å². The maximum atomic E-state index is 12.8. The molecule has 0 N–H and O–H groups in total. The van der Waals surface area contributed by atoms with Crippen LogP contribution in [0.1, 0.15) is 45.6 Å². The van der Waals surface area contributed by atoms with Crippen molar-refractivity contribution < 1.29 is 4.79 Å². The Morgan fingerprint density at radius 2 is 1.89 bits per heavy atom. The maximum Gasteiger partial charge on any atom is 0.232 e. The van der Waals surface area contributed by atoms with Crippen molar-refractivity contribution in [3.8, 4) is 0 Å². The first-order chi connectivity index (χ1) is 8.93. The van der Waals surface area contributed by atoms with E-state index < -0.39 is 5.41 Å². The molecular formula is C16H22ClNO. The fourth-order valence-electron chi connectivity index (χ4n) is 2.75. The summed E-state index contributed by atoms with van der Waals surface area (Å²) in [5.74, 6) is 0.224. The Morgan fingerprint density at radius 3 is 2.47 bits per heavy atom. The molecule has 1 aromatic carbocycles. The van der Waals surface area contributed by atoms with E-state index in [0.29, 0.717) is 11.1 Å². The van der Waals surface area contributed by atoms with Crippen LogP contribution in [0.25, 0.3) is 0 Å². The van der Waals surface area contributed by atoms with Gasteiger partial charge in [0.05, 0.1) is 5.41 Å². The highest BCUT2D eigenvalue weighted by molar-refractivity contribution is 6.30. The Bertz CT molecular complexity index is 452. The minimum atomic E-state index is -0.490. The molecule has 19 heavy (non-hydrogen) atoms. The largest absolute Gasteiger partial charge is 0.339 e. The molecule has 1 atom stereocenters. The molecule has 104 valence electrons. The van der Waals surface area contributed by atoms with E-state index in [0.717, 1.165) is 24.9 Å². The fourth-order valence-corrected chi connectivity index (χ4v) is 2.87. The summed E-state index contributed by atoms with van der Waals surface area (Å²) in [6.45, 7) is 7.03. The lowest BCUT2D eigenvalue weighted by molar-refractivity contribution is -0.139. The quantitative estimate of drug-likeness (QED) is 0.801. The predicted octanol–water partition coefficient (Wildman–Crippen LogP) is 4.02. The third kappa shape index (κ3) is 2.94. The molecule has 1 amide bonds. The molecule has 0 bridgehead atoms. The number of hydrogen-bond donors (Lipinski definition) is 0. The van der Waals surface area contributed by atoms with Crippen LogP contribution in [0.3, 0.4) is 0 Å². The Labute approximate surface area is 120 Å².